The summed E-state index contributed by atoms with van der Waals surface area (Å²) in [5.41, 5.74) is 2.10. The standard InChI is InChI=1S/C28H28ClN3O4S/c29-22-6-3-5-20(17-22)19-32-24-18-21(27(33)30-11-4-12-31-13-15-36-16-14-31)9-10-26(24)37(35)25-8-2-1-7-23(25)28(32)34/h1-3,5-10,17-18H,4,11-16,19H2,(H,30,33)/p+1. The molecule has 1 unspecified atom stereocenters. The number of anilines is 1. The molecular weight excluding hydrogens is 510 g/mol. The van der Waals surface area contributed by atoms with Crippen molar-refractivity contribution < 1.29 is 23.4 Å². The topological polar surface area (TPSA) is 80.2 Å². The maximum Gasteiger partial charge on any atom is 0.259 e. The molecule has 192 valence electrons. The summed E-state index contributed by atoms with van der Waals surface area (Å²) in [7, 11) is -1.58. The zero-order chi connectivity index (χ0) is 25.8. The van der Waals surface area contributed by atoms with E-state index < -0.39 is 10.8 Å². The number of quaternary nitrogens is 1. The van der Waals surface area contributed by atoms with Gasteiger partial charge in [0, 0.05) is 23.6 Å². The molecule has 2 aliphatic rings. The minimum Gasteiger partial charge on any atom is -0.370 e. The molecule has 2 amide bonds. The number of fused-ring (bicyclic) bond motifs is 2. The number of nitrogens with zero attached hydrogens (tertiary/aromatic N) is 1. The lowest BCUT2D eigenvalue weighted by molar-refractivity contribution is -0.908. The molecule has 5 rings (SSSR count). The molecular formula is C28H29ClN3O4S+. The van der Waals surface area contributed by atoms with Crippen LogP contribution in [0.5, 0.6) is 0 Å². The van der Waals surface area contributed by atoms with Crippen LogP contribution >= 0.6 is 11.6 Å². The first-order chi connectivity index (χ1) is 18.0. The van der Waals surface area contributed by atoms with Crippen LogP contribution in [-0.2, 0) is 22.1 Å². The van der Waals surface area contributed by atoms with E-state index in [2.05, 4.69) is 5.32 Å². The largest absolute Gasteiger partial charge is 0.370 e. The van der Waals surface area contributed by atoms with Crippen LogP contribution in [0.3, 0.4) is 0 Å². The molecule has 7 nitrogen and oxygen atoms in total. The number of hydrogen-bond donors (Lipinski definition) is 2. The Hall–Kier alpha value is -3.04. The van der Waals surface area contributed by atoms with E-state index in [9.17, 15) is 13.8 Å². The summed E-state index contributed by atoms with van der Waals surface area (Å²) >= 11 is 6.20. The fourth-order valence-electron chi connectivity index (χ4n) is 4.73. The average Bonchev–Trinajstić information content (AvgIpc) is 3.01. The molecule has 1 atom stereocenters. The Morgan fingerprint density at radius 1 is 1.03 bits per heavy atom. The monoisotopic (exact) mass is 538 g/mol. The molecule has 1 fully saturated rings. The highest BCUT2D eigenvalue weighted by Crippen LogP contribution is 2.36. The Morgan fingerprint density at radius 2 is 1.84 bits per heavy atom. The molecule has 3 aromatic rings. The molecule has 2 heterocycles. The van der Waals surface area contributed by atoms with Crippen LogP contribution in [0.25, 0.3) is 0 Å². The van der Waals surface area contributed by atoms with E-state index in [-0.39, 0.29) is 18.4 Å². The van der Waals surface area contributed by atoms with Gasteiger partial charge in [-0.15, -0.1) is 0 Å². The van der Waals surface area contributed by atoms with Crippen LogP contribution in [-0.4, -0.2) is 55.4 Å². The number of halogens is 1. The summed E-state index contributed by atoms with van der Waals surface area (Å²) in [4.78, 5) is 30.8. The smallest absolute Gasteiger partial charge is 0.259 e. The first kappa shape index (κ1) is 25.6. The third kappa shape index (κ3) is 5.78. The Bertz CT molecular complexity index is 1340. The highest BCUT2D eigenvalue weighted by Gasteiger charge is 2.31. The molecule has 37 heavy (non-hydrogen) atoms. The SMILES string of the molecule is O=C(NCCC[NH+]1CCOCC1)c1ccc2c(c1)N(Cc1cccc(Cl)c1)C(=O)c1ccccc1S2=O. The van der Waals surface area contributed by atoms with Crippen LogP contribution < -0.4 is 15.1 Å². The Balaban J connectivity index is 1.41. The van der Waals surface area contributed by atoms with Gasteiger partial charge in [0.05, 0.1) is 58.1 Å². The van der Waals surface area contributed by atoms with Crippen LogP contribution in [0.1, 0.15) is 32.7 Å². The van der Waals surface area contributed by atoms with Gasteiger partial charge >= 0.3 is 0 Å². The van der Waals surface area contributed by atoms with Crippen molar-refractivity contribution in [3.63, 3.8) is 0 Å². The summed E-state index contributed by atoms with van der Waals surface area (Å²) in [6.45, 7) is 5.32. The van der Waals surface area contributed by atoms with E-state index in [1.807, 2.05) is 12.1 Å². The fourth-order valence-corrected chi connectivity index (χ4v) is 6.29. The van der Waals surface area contributed by atoms with E-state index in [1.165, 1.54) is 4.90 Å². The second-order valence-electron chi connectivity index (χ2n) is 9.19. The normalized spacial score (nSPS) is 17.6. The first-order valence-electron chi connectivity index (χ1n) is 12.4. The number of carbonyl (C=O) groups is 2. The van der Waals surface area contributed by atoms with Crippen molar-refractivity contribution in [2.75, 3.05) is 44.3 Å². The van der Waals surface area contributed by atoms with Crippen molar-refractivity contribution in [3.8, 4) is 0 Å². The maximum absolute atomic E-state index is 13.7. The van der Waals surface area contributed by atoms with Gasteiger partial charge in [0.25, 0.3) is 11.8 Å². The lowest BCUT2D eigenvalue weighted by Crippen LogP contribution is -3.14. The average molecular weight is 539 g/mol. The molecule has 0 saturated carbocycles. The number of amides is 2. The lowest BCUT2D eigenvalue weighted by Gasteiger charge is -2.24. The molecule has 3 aromatic carbocycles. The van der Waals surface area contributed by atoms with Gasteiger partial charge in [0.15, 0.2) is 0 Å². The van der Waals surface area contributed by atoms with Gasteiger partial charge in [0.1, 0.15) is 13.1 Å². The van der Waals surface area contributed by atoms with Crippen molar-refractivity contribution in [3.05, 3.63) is 88.4 Å². The van der Waals surface area contributed by atoms with E-state index in [0.29, 0.717) is 38.2 Å². The van der Waals surface area contributed by atoms with Gasteiger partial charge in [-0.3, -0.25) is 9.59 Å². The van der Waals surface area contributed by atoms with Crippen molar-refractivity contribution in [2.45, 2.75) is 22.8 Å². The number of hydrogen-bond acceptors (Lipinski definition) is 4. The minimum absolute atomic E-state index is 0.220. The quantitative estimate of drug-likeness (QED) is 0.453. The zero-order valence-electron chi connectivity index (χ0n) is 20.4. The van der Waals surface area contributed by atoms with Gasteiger partial charge in [0.2, 0.25) is 0 Å². The van der Waals surface area contributed by atoms with E-state index in [1.54, 1.807) is 59.5 Å². The van der Waals surface area contributed by atoms with Crippen molar-refractivity contribution >= 4 is 39.9 Å². The van der Waals surface area contributed by atoms with E-state index in [4.69, 9.17) is 16.3 Å². The number of morpholine rings is 1. The molecule has 2 N–H and O–H groups in total. The van der Waals surface area contributed by atoms with Crippen molar-refractivity contribution in [1.29, 1.82) is 0 Å². The summed E-state index contributed by atoms with van der Waals surface area (Å²) in [5, 5.41) is 3.56. The predicted molar refractivity (Wildman–Crippen MR) is 143 cm³/mol. The number of ether oxygens (including phenoxy) is 1. The molecule has 1 saturated heterocycles. The first-order valence-corrected chi connectivity index (χ1v) is 13.9. The van der Waals surface area contributed by atoms with Gasteiger partial charge < -0.3 is 19.9 Å². The molecule has 9 heteroatoms. The van der Waals surface area contributed by atoms with Crippen LogP contribution in [0.15, 0.2) is 76.5 Å². The van der Waals surface area contributed by atoms with Crippen LogP contribution in [0.2, 0.25) is 5.02 Å². The second-order valence-corrected chi connectivity index (χ2v) is 11.0. The Morgan fingerprint density at radius 3 is 2.65 bits per heavy atom. The summed E-state index contributed by atoms with van der Waals surface area (Å²) < 4.78 is 19.0. The molecule has 2 aliphatic heterocycles. The lowest BCUT2D eigenvalue weighted by atomic mass is 10.1. The third-order valence-electron chi connectivity index (χ3n) is 6.70. The molecule has 0 spiro atoms. The van der Waals surface area contributed by atoms with E-state index >= 15 is 0 Å². The summed E-state index contributed by atoms with van der Waals surface area (Å²) in [5.74, 6) is -0.490. The molecule has 0 radical (unpaired) electrons. The van der Waals surface area contributed by atoms with Gasteiger partial charge in [-0.05, 0) is 48.0 Å². The second kappa shape index (κ2) is 11.6. The third-order valence-corrected chi connectivity index (χ3v) is 8.43. The fraction of sp³-hybridized carbons (Fsp3) is 0.286. The summed E-state index contributed by atoms with van der Waals surface area (Å²) in [6, 6.07) is 19.3. The number of benzene rings is 3. The number of rotatable bonds is 7. The van der Waals surface area contributed by atoms with Crippen LogP contribution in [0, 0.1) is 0 Å². The zero-order valence-corrected chi connectivity index (χ0v) is 21.9. The Kier molecular flexibility index (Phi) is 8.00. The van der Waals surface area contributed by atoms with Crippen molar-refractivity contribution in [2.24, 2.45) is 0 Å². The van der Waals surface area contributed by atoms with Gasteiger partial charge in [-0.1, -0.05) is 35.9 Å². The molecule has 0 aromatic heterocycles. The highest BCUT2D eigenvalue weighted by atomic mass is 35.5. The van der Waals surface area contributed by atoms with Crippen molar-refractivity contribution in [1.82, 2.24) is 5.32 Å². The van der Waals surface area contributed by atoms with Crippen LogP contribution in [0.4, 0.5) is 5.69 Å². The molecule has 0 bridgehead atoms. The van der Waals surface area contributed by atoms with Gasteiger partial charge in [-0.25, -0.2) is 4.21 Å². The Labute approximate surface area is 223 Å². The predicted octanol–water partition coefficient (Wildman–Crippen LogP) is 2.70. The number of carbonyl (C=O) groups excluding carboxylic acids is 2. The maximum atomic E-state index is 13.7. The number of nitrogens with one attached hydrogen (secondary N) is 2. The molecule has 0 aliphatic carbocycles. The van der Waals surface area contributed by atoms with E-state index in [0.717, 1.165) is 44.8 Å². The highest BCUT2D eigenvalue weighted by molar-refractivity contribution is 7.85. The summed E-state index contributed by atoms with van der Waals surface area (Å²) in [6.07, 6.45) is 0.866. The minimum atomic E-state index is -1.58. The van der Waals surface area contributed by atoms with Gasteiger partial charge in [-0.2, -0.15) is 0 Å².